The fraction of sp³-hybridized carbons (Fsp3) is 0.182. The smallest absolute Gasteiger partial charge is 0.258 e. The number of aromatic nitrogens is 4. The highest BCUT2D eigenvalue weighted by atomic mass is 35.5. The average molecular weight is 423 g/mol. The van der Waals surface area contributed by atoms with Crippen LogP contribution in [0.3, 0.4) is 0 Å². The maximum Gasteiger partial charge on any atom is 0.258 e. The van der Waals surface area contributed by atoms with Gasteiger partial charge < -0.3 is 5.11 Å². The van der Waals surface area contributed by atoms with E-state index < -0.39 is 0 Å². The van der Waals surface area contributed by atoms with E-state index >= 15 is 0 Å². The Morgan fingerprint density at radius 2 is 1.83 bits per heavy atom. The van der Waals surface area contributed by atoms with Crippen molar-refractivity contribution in [3.8, 4) is 11.4 Å². The van der Waals surface area contributed by atoms with Gasteiger partial charge in [0.05, 0.1) is 12.2 Å². The second kappa shape index (κ2) is 8.22. The molecule has 30 heavy (non-hydrogen) atoms. The number of hydrogen-bond donors (Lipinski definition) is 1. The van der Waals surface area contributed by atoms with Crippen LogP contribution >= 0.6 is 11.6 Å². The van der Waals surface area contributed by atoms with Gasteiger partial charge in [-0.25, -0.2) is 9.97 Å². The van der Waals surface area contributed by atoms with E-state index in [0.29, 0.717) is 39.0 Å². The van der Waals surface area contributed by atoms with Crippen molar-refractivity contribution in [2.45, 2.75) is 19.9 Å². The summed E-state index contributed by atoms with van der Waals surface area (Å²) in [6.45, 7) is 1.66. The van der Waals surface area contributed by atoms with Crippen LogP contribution in [0.4, 0.5) is 0 Å². The molecule has 0 radical (unpaired) electrons. The summed E-state index contributed by atoms with van der Waals surface area (Å²) in [6, 6.07) is 13.7. The summed E-state index contributed by atoms with van der Waals surface area (Å²) in [5.74, 6) is 0.450. The minimum absolute atomic E-state index is 0.0726. The summed E-state index contributed by atoms with van der Waals surface area (Å²) in [5, 5.41) is 9.95. The SMILES string of the molecule is Cc1nc(-c2ccc(Cl)cc2)n(Cc2cc(=O)n3ccccc3n2)c(=O)c1CCO. The molecule has 7 nitrogen and oxygen atoms in total. The number of aliphatic hydroxyl groups is 1. The highest BCUT2D eigenvalue weighted by Gasteiger charge is 2.17. The summed E-state index contributed by atoms with van der Waals surface area (Å²) in [4.78, 5) is 34.9. The van der Waals surface area contributed by atoms with E-state index in [9.17, 15) is 14.7 Å². The fourth-order valence-corrected chi connectivity index (χ4v) is 3.54. The van der Waals surface area contributed by atoms with Crippen LogP contribution in [-0.2, 0) is 13.0 Å². The van der Waals surface area contributed by atoms with Crippen molar-refractivity contribution in [1.29, 1.82) is 0 Å². The van der Waals surface area contributed by atoms with Gasteiger partial charge in [0.25, 0.3) is 11.1 Å². The van der Waals surface area contributed by atoms with Gasteiger partial charge in [-0.3, -0.25) is 18.6 Å². The number of benzene rings is 1. The van der Waals surface area contributed by atoms with Gasteiger partial charge in [0.1, 0.15) is 11.5 Å². The molecule has 1 aromatic carbocycles. The summed E-state index contributed by atoms with van der Waals surface area (Å²) in [7, 11) is 0. The fourth-order valence-electron chi connectivity index (χ4n) is 3.41. The molecule has 0 aliphatic carbocycles. The number of hydrogen-bond acceptors (Lipinski definition) is 5. The highest BCUT2D eigenvalue weighted by Crippen LogP contribution is 2.21. The van der Waals surface area contributed by atoms with Gasteiger partial charge in [0.15, 0.2) is 0 Å². The van der Waals surface area contributed by atoms with Crippen LogP contribution in [0.5, 0.6) is 0 Å². The highest BCUT2D eigenvalue weighted by molar-refractivity contribution is 6.30. The molecule has 0 unspecified atom stereocenters. The summed E-state index contributed by atoms with van der Waals surface area (Å²) < 4.78 is 2.93. The Kier molecular flexibility index (Phi) is 5.48. The first-order chi connectivity index (χ1) is 14.5. The molecule has 0 fully saturated rings. The lowest BCUT2D eigenvalue weighted by atomic mass is 10.1. The molecule has 0 atom stereocenters. The molecular formula is C22H19ClN4O3. The maximum absolute atomic E-state index is 13.3. The minimum atomic E-state index is -0.267. The van der Waals surface area contributed by atoms with Crippen molar-refractivity contribution in [3.05, 3.63) is 97.4 Å². The maximum atomic E-state index is 13.3. The molecule has 8 heteroatoms. The molecule has 4 aromatic rings. The predicted molar refractivity (Wildman–Crippen MR) is 115 cm³/mol. The molecule has 0 aliphatic heterocycles. The van der Waals surface area contributed by atoms with E-state index in [1.165, 1.54) is 15.0 Å². The van der Waals surface area contributed by atoms with Gasteiger partial charge in [-0.15, -0.1) is 0 Å². The molecule has 152 valence electrons. The molecule has 0 aliphatic rings. The van der Waals surface area contributed by atoms with E-state index in [-0.39, 0.29) is 30.7 Å². The van der Waals surface area contributed by atoms with Gasteiger partial charge >= 0.3 is 0 Å². The molecule has 0 saturated carbocycles. The van der Waals surface area contributed by atoms with Crippen molar-refractivity contribution >= 4 is 17.2 Å². The monoisotopic (exact) mass is 422 g/mol. The Morgan fingerprint density at radius 3 is 2.57 bits per heavy atom. The van der Waals surface area contributed by atoms with Crippen molar-refractivity contribution in [2.24, 2.45) is 0 Å². The Morgan fingerprint density at radius 1 is 1.07 bits per heavy atom. The molecule has 0 spiro atoms. The van der Waals surface area contributed by atoms with Gasteiger partial charge in [-0.2, -0.15) is 0 Å². The molecule has 0 amide bonds. The Bertz CT molecular complexity index is 1340. The van der Waals surface area contributed by atoms with Crippen LogP contribution in [0.2, 0.25) is 5.02 Å². The number of pyridine rings is 1. The van der Waals surface area contributed by atoms with E-state index in [0.717, 1.165) is 0 Å². The third kappa shape index (κ3) is 3.77. The Labute approximate surface area is 176 Å². The third-order valence-electron chi connectivity index (χ3n) is 4.88. The van der Waals surface area contributed by atoms with Crippen LogP contribution in [0.25, 0.3) is 17.0 Å². The van der Waals surface area contributed by atoms with Crippen molar-refractivity contribution in [3.63, 3.8) is 0 Å². The average Bonchev–Trinajstić information content (AvgIpc) is 2.74. The van der Waals surface area contributed by atoms with Crippen molar-refractivity contribution < 1.29 is 5.11 Å². The molecule has 3 aromatic heterocycles. The van der Waals surface area contributed by atoms with Gasteiger partial charge in [0.2, 0.25) is 0 Å². The summed E-state index contributed by atoms with van der Waals surface area (Å²) in [6.07, 6.45) is 1.85. The molecular weight excluding hydrogens is 404 g/mol. The minimum Gasteiger partial charge on any atom is -0.396 e. The number of halogens is 1. The molecule has 0 bridgehead atoms. The quantitative estimate of drug-likeness (QED) is 0.533. The first-order valence-electron chi connectivity index (χ1n) is 9.42. The second-order valence-corrected chi connectivity index (χ2v) is 7.32. The molecule has 4 rings (SSSR count). The van der Waals surface area contributed by atoms with E-state index in [4.69, 9.17) is 11.6 Å². The van der Waals surface area contributed by atoms with E-state index in [1.54, 1.807) is 55.6 Å². The second-order valence-electron chi connectivity index (χ2n) is 6.89. The van der Waals surface area contributed by atoms with Gasteiger partial charge in [-0.05, 0) is 43.3 Å². The van der Waals surface area contributed by atoms with Gasteiger partial charge in [0, 0.05) is 47.1 Å². The predicted octanol–water partition coefficient (Wildman–Crippen LogP) is 2.46. The lowest BCUT2D eigenvalue weighted by Gasteiger charge is -2.16. The topological polar surface area (TPSA) is 89.5 Å². The number of fused-ring (bicyclic) bond motifs is 1. The lowest BCUT2D eigenvalue weighted by molar-refractivity contribution is 0.298. The zero-order chi connectivity index (χ0) is 21.3. The van der Waals surface area contributed by atoms with Crippen LogP contribution < -0.4 is 11.1 Å². The Hall–Kier alpha value is -3.29. The lowest BCUT2D eigenvalue weighted by Crippen LogP contribution is -2.30. The van der Waals surface area contributed by atoms with Crippen LogP contribution in [-0.4, -0.2) is 30.6 Å². The van der Waals surface area contributed by atoms with Gasteiger partial charge in [-0.1, -0.05) is 17.7 Å². The van der Waals surface area contributed by atoms with Crippen molar-refractivity contribution in [2.75, 3.05) is 6.61 Å². The third-order valence-corrected chi connectivity index (χ3v) is 5.13. The normalized spacial score (nSPS) is 11.2. The zero-order valence-corrected chi connectivity index (χ0v) is 17.0. The summed E-state index contributed by atoms with van der Waals surface area (Å²) in [5.41, 5.74) is 2.16. The summed E-state index contributed by atoms with van der Waals surface area (Å²) >= 11 is 6.01. The standard InChI is InChI=1S/C22H19ClN4O3/c1-14-18(9-11-28)22(30)27(21(24-14)15-5-7-16(23)8-6-15)13-17-12-20(29)26-10-3-2-4-19(26)25-17/h2-8,10,12,28H,9,11,13H2,1H3. The van der Waals surface area contributed by atoms with E-state index in [2.05, 4.69) is 9.97 Å². The number of nitrogens with zero attached hydrogens (tertiary/aromatic N) is 4. The Balaban J connectivity index is 1.91. The molecule has 0 saturated heterocycles. The van der Waals surface area contributed by atoms with Crippen LogP contribution in [0.15, 0.2) is 64.3 Å². The largest absolute Gasteiger partial charge is 0.396 e. The number of aliphatic hydroxyl groups excluding tert-OH is 1. The first kappa shape index (κ1) is 20.0. The van der Waals surface area contributed by atoms with Crippen LogP contribution in [0.1, 0.15) is 17.0 Å². The number of rotatable bonds is 5. The van der Waals surface area contributed by atoms with Crippen molar-refractivity contribution in [1.82, 2.24) is 18.9 Å². The molecule has 3 heterocycles. The van der Waals surface area contributed by atoms with Crippen LogP contribution in [0, 0.1) is 6.92 Å². The molecule has 1 N–H and O–H groups in total. The zero-order valence-electron chi connectivity index (χ0n) is 16.2. The first-order valence-corrected chi connectivity index (χ1v) is 9.80. The number of aryl methyl sites for hydroxylation is 1. The van der Waals surface area contributed by atoms with E-state index in [1.807, 2.05) is 0 Å².